The van der Waals surface area contributed by atoms with Gasteiger partial charge in [-0.2, -0.15) is 13.8 Å². The number of rotatable bonds is 5. The lowest BCUT2D eigenvalue weighted by Crippen LogP contribution is -2.23. The Morgan fingerprint density at radius 2 is 1.80 bits per heavy atom. The van der Waals surface area contributed by atoms with Crippen molar-refractivity contribution in [1.82, 2.24) is 24.8 Å². The number of aromatic nitrogens is 5. The molecule has 30 heavy (non-hydrogen) atoms. The lowest BCUT2D eigenvalue weighted by molar-refractivity contribution is 0.302. The summed E-state index contributed by atoms with van der Waals surface area (Å²) in [6.07, 6.45) is 0. The normalized spacial score (nSPS) is 10.9. The maximum absolute atomic E-state index is 13.4. The van der Waals surface area contributed by atoms with Crippen LogP contribution in [0.5, 0.6) is 5.75 Å². The molecule has 0 bridgehead atoms. The van der Waals surface area contributed by atoms with Gasteiger partial charge in [0.05, 0.1) is 11.4 Å². The molecule has 2 aromatic carbocycles. The maximum atomic E-state index is 13.4. The van der Waals surface area contributed by atoms with Crippen molar-refractivity contribution in [2.75, 3.05) is 0 Å². The van der Waals surface area contributed by atoms with E-state index in [1.165, 1.54) is 15.4 Å². The van der Waals surface area contributed by atoms with E-state index in [4.69, 9.17) is 4.74 Å². The van der Waals surface area contributed by atoms with Gasteiger partial charge in [0.2, 0.25) is 5.95 Å². The number of ether oxygens (including phenoxy) is 1. The largest absolute Gasteiger partial charge is 0.489 e. The smallest absolute Gasteiger partial charge is 0.368 e. The van der Waals surface area contributed by atoms with E-state index in [0.29, 0.717) is 17.1 Å². The summed E-state index contributed by atoms with van der Waals surface area (Å²) in [5, 5.41) is 7.72. The highest BCUT2D eigenvalue weighted by Gasteiger charge is 2.14. The Bertz CT molecular complexity index is 1280. The fourth-order valence-electron chi connectivity index (χ4n) is 3.23. The van der Waals surface area contributed by atoms with Gasteiger partial charge in [-0.3, -0.25) is 0 Å². The van der Waals surface area contributed by atoms with Crippen LogP contribution < -0.4 is 10.4 Å². The predicted octanol–water partition coefficient (Wildman–Crippen LogP) is 3.36. The molecule has 7 nitrogen and oxygen atoms in total. The molecule has 0 unspecified atom stereocenters. The molecule has 0 spiro atoms. The number of hydrogen-bond acceptors (Lipinski definition) is 5. The first kappa shape index (κ1) is 19.5. The summed E-state index contributed by atoms with van der Waals surface area (Å²) < 4.78 is 21.9. The third-order valence-electron chi connectivity index (χ3n) is 4.89. The van der Waals surface area contributed by atoms with Gasteiger partial charge in [0.15, 0.2) is 0 Å². The first-order chi connectivity index (χ1) is 14.4. The first-order valence-electron chi connectivity index (χ1n) is 9.38. The molecular formula is C22H20FN5O2. The van der Waals surface area contributed by atoms with Gasteiger partial charge in [0.25, 0.3) is 0 Å². The van der Waals surface area contributed by atoms with Gasteiger partial charge in [0, 0.05) is 18.2 Å². The molecule has 0 aliphatic heterocycles. The number of pyridine rings is 1. The highest BCUT2D eigenvalue weighted by Crippen LogP contribution is 2.27. The third-order valence-corrected chi connectivity index (χ3v) is 4.89. The molecule has 2 aromatic heterocycles. The second-order valence-electron chi connectivity index (χ2n) is 6.98. The van der Waals surface area contributed by atoms with Crippen LogP contribution in [-0.2, 0) is 13.7 Å². The van der Waals surface area contributed by atoms with Crippen molar-refractivity contribution in [2.45, 2.75) is 20.5 Å². The highest BCUT2D eigenvalue weighted by molar-refractivity contribution is 5.61. The molecule has 8 heteroatoms. The van der Waals surface area contributed by atoms with Gasteiger partial charge in [0.1, 0.15) is 12.4 Å². The summed E-state index contributed by atoms with van der Waals surface area (Å²) in [5.41, 5.74) is 4.38. The molecule has 4 rings (SSSR count). The molecule has 4 aromatic rings. The summed E-state index contributed by atoms with van der Waals surface area (Å²) in [6, 6.07) is 15.9. The fourth-order valence-corrected chi connectivity index (χ4v) is 3.23. The Morgan fingerprint density at radius 3 is 2.50 bits per heavy atom. The second kappa shape index (κ2) is 7.90. The summed E-state index contributed by atoms with van der Waals surface area (Å²) in [4.78, 5) is 16.2. The van der Waals surface area contributed by atoms with Crippen molar-refractivity contribution in [2.24, 2.45) is 7.05 Å². The van der Waals surface area contributed by atoms with Gasteiger partial charge >= 0.3 is 5.69 Å². The molecule has 0 aliphatic carbocycles. The van der Waals surface area contributed by atoms with Crippen molar-refractivity contribution >= 4 is 0 Å². The molecule has 0 amide bonds. The van der Waals surface area contributed by atoms with Crippen LogP contribution in [0, 0.1) is 19.8 Å². The highest BCUT2D eigenvalue weighted by atomic mass is 19.1. The monoisotopic (exact) mass is 405 g/mol. The van der Waals surface area contributed by atoms with Crippen LogP contribution in [-0.4, -0.2) is 24.8 Å². The number of hydrogen-bond donors (Lipinski definition) is 0. The molecule has 0 aliphatic rings. The van der Waals surface area contributed by atoms with Crippen LogP contribution in [0.1, 0.15) is 16.7 Å². The average Bonchev–Trinajstić information content (AvgIpc) is 3.06. The minimum absolute atomic E-state index is 0.253. The Balaban J connectivity index is 1.61. The van der Waals surface area contributed by atoms with Gasteiger partial charge in [-0.05, 0) is 71.8 Å². The summed E-state index contributed by atoms with van der Waals surface area (Å²) in [7, 11) is 1.55. The average molecular weight is 405 g/mol. The predicted molar refractivity (Wildman–Crippen MR) is 110 cm³/mol. The van der Waals surface area contributed by atoms with Crippen LogP contribution in [0.4, 0.5) is 4.39 Å². The van der Waals surface area contributed by atoms with Crippen molar-refractivity contribution < 1.29 is 9.13 Å². The van der Waals surface area contributed by atoms with Crippen molar-refractivity contribution in [1.29, 1.82) is 0 Å². The molecule has 0 radical (unpaired) electrons. The molecule has 152 valence electrons. The molecule has 2 heterocycles. The van der Waals surface area contributed by atoms with Crippen LogP contribution in [0.3, 0.4) is 0 Å². The Hall–Kier alpha value is -3.81. The minimum atomic E-state index is -0.517. The molecule has 0 atom stereocenters. The van der Waals surface area contributed by atoms with Crippen molar-refractivity contribution in [3.8, 4) is 22.7 Å². The fraction of sp³-hybridized carbons (Fsp3) is 0.182. The molecule has 0 N–H and O–H groups in total. The van der Waals surface area contributed by atoms with Gasteiger partial charge in [-0.1, -0.05) is 18.2 Å². The second-order valence-corrected chi connectivity index (χ2v) is 6.98. The minimum Gasteiger partial charge on any atom is -0.489 e. The number of nitrogens with zero attached hydrogens (tertiary/aromatic N) is 5. The number of tetrazole rings is 1. The maximum Gasteiger partial charge on any atom is 0.368 e. The van der Waals surface area contributed by atoms with E-state index < -0.39 is 5.95 Å². The van der Waals surface area contributed by atoms with E-state index in [2.05, 4.69) is 15.4 Å². The van der Waals surface area contributed by atoms with E-state index >= 15 is 0 Å². The third kappa shape index (κ3) is 3.71. The molecule has 0 saturated heterocycles. The zero-order valence-corrected chi connectivity index (χ0v) is 16.8. The summed E-state index contributed by atoms with van der Waals surface area (Å²) in [6.45, 7) is 4.13. The standard InChI is InChI=1S/C22H20FN5O2/c1-14-6-4-8-19(28-22(29)27(3)25-26-28)17(14)13-30-20-11-10-16(12-15(20)2)18-7-5-9-21(23)24-18/h4-12H,13H2,1-3H3. The Kier molecular flexibility index (Phi) is 5.14. The van der Waals surface area contributed by atoms with E-state index in [1.807, 2.05) is 50.2 Å². The van der Waals surface area contributed by atoms with E-state index in [0.717, 1.165) is 22.3 Å². The summed E-state index contributed by atoms with van der Waals surface area (Å²) >= 11 is 0. The van der Waals surface area contributed by atoms with Gasteiger partial charge < -0.3 is 4.74 Å². The zero-order valence-electron chi connectivity index (χ0n) is 16.8. The molecule has 0 saturated carbocycles. The van der Waals surface area contributed by atoms with Crippen LogP contribution in [0.25, 0.3) is 16.9 Å². The Morgan fingerprint density at radius 1 is 1.00 bits per heavy atom. The van der Waals surface area contributed by atoms with E-state index in [-0.39, 0.29) is 12.3 Å². The number of halogens is 1. The molecule has 0 fully saturated rings. The topological polar surface area (TPSA) is 74.8 Å². The van der Waals surface area contributed by atoms with Crippen LogP contribution in [0.2, 0.25) is 0 Å². The van der Waals surface area contributed by atoms with E-state index in [9.17, 15) is 9.18 Å². The van der Waals surface area contributed by atoms with Gasteiger partial charge in [-0.15, -0.1) is 0 Å². The number of benzene rings is 2. The zero-order chi connectivity index (χ0) is 21.3. The lowest BCUT2D eigenvalue weighted by atomic mass is 10.1. The van der Waals surface area contributed by atoms with E-state index in [1.54, 1.807) is 19.2 Å². The van der Waals surface area contributed by atoms with Gasteiger partial charge in [-0.25, -0.2) is 9.78 Å². The first-order valence-corrected chi connectivity index (χ1v) is 9.38. The van der Waals surface area contributed by atoms with Crippen LogP contribution >= 0.6 is 0 Å². The van der Waals surface area contributed by atoms with Crippen molar-refractivity contribution in [3.05, 3.63) is 87.7 Å². The number of aryl methyl sites for hydroxylation is 3. The van der Waals surface area contributed by atoms with Crippen molar-refractivity contribution in [3.63, 3.8) is 0 Å². The quantitative estimate of drug-likeness (QED) is 0.476. The van der Waals surface area contributed by atoms with Crippen LogP contribution in [0.15, 0.2) is 59.4 Å². The summed E-state index contributed by atoms with van der Waals surface area (Å²) in [5.74, 6) is 0.174. The molecular weight excluding hydrogens is 385 g/mol. The Labute approximate surface area is 172 Å². The lowest BCUT2D eigenvalue weighted by Gasteiger charge is -2.15. The SMILES string of the molecule is Cc1cc(-c2cccc(F)n2)ccc1OCc1c(C)cccc1-n1nnn(C)c1=O.